The largest absolute Gasteiger partial charge is 0.506 e. The number of rotatable bonds is 8. The van der Waals surface area contributed by atoms with E-state index in [1.165, 1.54) is 6.07 Å². The van der Waals surface area contributed by atoms with Crippen LogP contribution in [0, 0.1) is 0 Å². The van der Waals surface area contributed by atoms with Crippen molar-refractivity contribution in [2.24, 2.45) is 0 Å². The number of hydrogen-bond acceptors (Lipinski definition) is 5. The van der Waals surface area contributed by atoms with Gasteiger partial charge in [-0.3, -0.25) is 0 Å². The van der Waals surface area contributed by atoms with Crippen LogP contribution < -0.4 is 15.7 Å². The van der Waals surface area contributed by atoms with E-state index in [2.05, 4.69) is 5.32 Å². The number of phenolic OH excluding ortho intramolecular Hbond substituents is 1. The van der Waals surface area contributed by atoms with E-state index < -0.39 is 5.63 Å². The van der Waals surface area contributed by atoms with E-state index >= 15 is 0 Å². The molecule has 29 heavy (non-hydrogen) atoms. The second-order valence-electron chi connectivity index (χ2n) is 6.64. The molecule has 2 N–H and O–H groups in total. The Hall–Kier alpha value is -2.21. The van der Waals surface area contributed by atoms with Crippen molar-refractivity contribution in [3.8, 4) is 11.5 Å². The SMILES string of the molecule is CCCc1cc(=O)oc2c(CNCCc3ccccc3OC)c(O)c(Cl)cc12.Cl. The first-order valence-electron chi connectivity index (χ1n) is 9.34. The Morgan fingerprint density at radius 1 is 1.17 bits per heavy atom. The zero-order valence-corrected chi connectivity index (χ0v) is 18.0. The van der Waals surface area contributed by atoms with Crippen LogP contribution in [0.3, 0.4) is 0 Å². The van der Waals surface area contributed by atoms with Crippen molar-refractivity contribution < 1.29 is 14.3 Å². The summed E-state index contributed by atoms with van der Waals surface area (Å²) in [7, 11) is 1.65. The molecular weight excluding hydrogens is 413 g/mol. The number of phenols is 1. The summed E-state index contributed by atoms with van der Waals surface area (Å²) >= 11 is 6.24. The van der Waals surface area contributed by atoms with Gasteiger partial charge in [0.25, 0.3) is 0 Å². The second kappa shape index (κ2) is 10.5. The molecule has 0 saturated heterocycles. The van der Waals surface area contributed by atoms with E-state index in [1.54, 1.807) is 13.2 Å². The number of nitrogens with one attached hydrogen (secondary N) is 1. The zero-order chi connectivity index (χ0) is 20.1. The monoisotopic (exact) mass is 437 g/mol. The summed E-state index contributed by atoms with van der Waals surface area (Å²) in [5, 5.41) is 14.8. The molecule has 0 bridgehead atoms. The predicted octanol–water partition coefficient (Wildman–Crippen LogP) is 4.87. The van der Waals surface area contributed by atoms with Gasteiger partial charge in [0.1, 0.15) is 17.1 Å². The van der Waals surface area contributed by atoms with Gasteiger partial charge < -0.3 is 19.6 Å². The van der Waals surface area contributed by atoms with E-state index in [4.69, 9.17) is 20.8 Å². The number of para-hydroxylation sites is 1. The summed E-state index contributed by atoms with van der Waals surface area (Å²) in [5.41, 5.74) is 2.44. The van der Waals surface area contributed by atoms with Crippen LogP contribution in [0.25, 0.3) is 11.0 Å². The van der Waals surface area contributed by atoms with Crippen LogP contribution in [0.4, 0.5) is 0 Å². The Bertz CT molecular complexity index is 1030. The van der Waals surface area contributed by atoms with Crippen molar-refractivity contribution in [3.63, 3.8) is 0 Å². The van der Waals surface area contributed by atoms with Gasteiger partial charge in [-0.15, -0.1) is 12.4 Å². The van der Waals surface area contributed by atoms with Gasteiger partial charge in [0.15, 0.2) is 0 Å². The van der Waals surface area contributed by atoms with Crippen molar-refractivity contribution in [1.29, 1.82) is 0 Å². The molecule has 156 valence electrons. The highest BCUT2D eigenvalue weighted by Crippen LogP contribution is 2.35. The fraction of sp³-hybridized carbons (Fsp3) is 0.318. The molecule has 0 unspecified atom stereocenters. The number of hydrogen-bond donors (Lipinski definition) is 2. The molecule has 1 heterocycles. The first-order valence-corrected chi connectivity index (χ1v) is 9.72. The van der Waals surface area contributed by atoms with Crippen molar-refractivity contribution in [1.82, 2.24) is 5.32 Å². The lowest BCUT2D eigenvalue weighted by atomic mass is 10.0. The molecule has 0 atom stereocenters. The Kier molecular flexibility index (Phi) is 8.38. The molecule has 0 amide bonds. The van der Waals surface area contributed by atoms with Crippen molar-refractivity contribution in [2.45, 2.75) is 32.7 Å². The Morgan fingerprint density at radius 3 is 2.66 bits per heavy atom. The number of ether oxygens (including phenoxy) is 1. The molecule has 0 aliphatic rings. The zero-order valence-electron chi connectivity index (χ0n) is 16.5. The molecule has 3 rings (SSSR count). The van der Waals surface area contributed by atoms with Crippen LogP contribution in [-0.2, 0) is 19.4 Å². The Morgan fingerprint density at radius 2 is 1.93 bits per heavy atom. The van der Waals surface area contributed by atoms with Crippen molar-refractivity contribution >= 4 is 35.0 Å². The number of fused-ring (bicyclic) bond motifs is 1. The van der Waals surface area contributed by atoms with E-state index in [1.807, 2.05) is 31.2 Å². The van der Waals surface area contributed by atoms with Gasteiger partial charge in [0.05, 0.1) is 17.7 Å². The topological polar surface area (TPSA) is 71.7 Å². The molecule has 0 spiro atoms. The van der Waals surface area contributed by atoms with Crippen LogP contribution in [0.2, 0.25) is 5.02 Å². The molecule has 7 heteroatoms. The van der Waals surface area contributed by atoms with Gasteiger partial charge in [-0.2, -0.15) is 0 Å². The molecule has 0 radical (unpaired) electrons. The highest BCUT2D eigenvalue weighted by Gasteiger charge is 2.17. The molecule has 5 nitrogen and oxygen atoms in total. The summed E-state index contributed by atoms with van der Waals surface area (Å²) in [5.74, 6) is 0.784. The summed E-state index contributed by atoms with van der Waals surface area (Å²) < 4.78 is 10.8. The molecule has 1 aromatic heterocycles. The molecule has 0 aliphatic heterocycles. The Balaban J connectivity index is 0.00000300. The molecular formula is C22H25Cl2NO4. The maximum atomic E-state index is 12.0. The fourth-order valence-electron chi connectivity index (χ4n) is 3.37. The first kappa shape index (κ1) is 23.1. The van der Waals surface area contributed by atoms with Crippen LogP contribution in [0.15, 0.2) is 45.6 Å². The molecule has 0 fully saturated rings. The summed E-state index contributed by atoms with van der Waals surface area (Å²) in [6.45, 7) is 3.03. The smallest absolute Gasteiger partial charge is 0.336 e. The minimum absolute atomic E-state index is 0. The quantitative estimate of drug-likeness (QED) is 0.388. The molecule has 0 aliphatic carbocycles. The maximum Gasteiger partial charge on any atom is 0.336 e. The standard InChI is InChI=1S/C22H24ClNO4.ClH/c1-3-6-15-11-20(25)28-22-16(15)12-18(23)21(26)17(22)13-24-10-9-14-7-4-5-8-19(14)27-2;/h4-5,7-8,11-12,24,26H,3,6,9-10,13H2,1-2H3;1H. The second-order valence-corrected chi connectivity index (χ2v) is 7.05. The van der Waals surface area contributed by atoms with E-state index in [0.717, 1.165) is 41.5 Å². The Labute approximate surface area is 181 Å². The van der Waals surface area contributed by atoms with Crippen molar-refractivity contribution in [2.75, 3.05) is 13.7 Å². The molecule has 3 aromatic rings. The van der Waals surface area contributed by atoms with Gasteiger partial charge >= 0.3 is 5.63 Å². The number of benzene rings is 2. The van der Waals surface area contributed by atoms with Gasteiger partial charge in [-0.1, -0.05) is 43.1 Å². The number of methoxy groups -OCH3 is 1. The third kappa shape index (κ3) is 5.24. The highest BCUT2D eigenvalue weighted by molar-refractivity contribution is 6.33. The molecule has 0 saturated carbocycles. The minimum Gasteiger partial charge on any atom is -0.506 e. The average Bonchev–Trinajstić information content (AvgIpc) is 2.69. The van der Waals surface area contributed by atoms with Gasteiger partial charge in [0, 0.05) is 18.0 Å². The molecule has 2 aromatic carbocycles. The van der Waals surface area contributed by atoms with Crippen LogP contribution in [0.1, 0.15) is 30.0 Å². The third-order valence-electron chi connectivity index (χ3n) is 4.73. The van der Waals surface area contributed by atoms with Crippen LogP contribution >= 0.6 is 24.0 Å². The van der Waals surface area contributed by atoms with E-state index in [-0.39, 0.29) is 23.2 Å². The van der Waals surface area contributed by atoms with Gasteiger partial charge in [-0.05, 0) is 42.6 Å². The van der Waals surface area contributed by atoms with Crippen LogP contribution in [-0.4, -0.2) is 18.8 Å². The number of halogens is 2. The van der Waals surface area contributed by atoms with Crippen LogP contribution in [0.5, 0.6) is 11.5 Å². The lowest BCUT2D eigenvalue weighted by Gasteiger charge is -2.13. The summed E-state index contributed by atoms with van der Waals surface area (Å²) in [6.07, 6.45) is 2.39. The minimum atomic E-state index is -0.423. The average molecular weight is 438 g/mol. The highest BCUT2D eigenvalue weighted by atomic mass is 35.5. The van der Waals surface area contributed by atoms with Gasteiger partial charge in [0.2, 0.25) is 0 Å². The normalized spacial score (nSPS) is 10.7. The van der Waals surface area contributed by atoms with E-state index in [9.17, 15) is 9.90 Å². The number of aryl methyl sites for hydroxylation is 1. The predicted molar refractivity (Wildman–Crippen MR) is 119 cm³/mol. The number of aromatic hydroxyl groups is 1. The fourth-order valence-corrected chi connectivity index (χ4v) is 3.59. The lowest BCUT2D eigenvalue weighted by Crippen LogP contribution is -2.17. The van der Waals surface area contributed by atoms with Crippen molar-refractivity contribution in [3.05, 3.63) is 68.5 Å². The summed E-state index contributed by atoms with van der Waals surface area (Å²) in [4.78, 5) is 12.0. The first-order chi connectivity index (χ1) is 13.5. The van der Waals surface area contributed by atoms with Gasteiger partial charge in [-0.25, -0.2) is 4.79 Å². The third-order valence-corrected chi connectivity index (χ3v) is 5.02. The summed E-state index contributed by atoms with van der Waals surface area (Å²) in [6, 6.07) is 11.0. The lowest BCUT2D eigenvalue weighted by molar-refractivity contribution is 0.409. The van der Waals surface area contributed by atoms with E-state index in [0.29, 0.717) is 24.2 Å². The maximum absolute atomic E-state index is 12.0.